The summed E-state index contributed by atoms with van der Waals surface area (Å²) in [5.41, 5.74) is 1.80. The van der Waals surface area contributed by atoms with Crippen LogP contribution in [0, 0.1) is 5.82 Å². The van der Waals surface area contributed by atoms with E-state index in [-0.39, 0.29) is 17.8 Å². The maximum atomic E-state index is 13.6. The minimum atomic E-state index is -0.305. The molecule has 2 aromatic carbocycles. The van der Waals surface area contributed by atoms with Gasteiger partial charge in [-0.3, -0.25) is 0 Å². The van der Waals surface area contributed by atoms with E-state index in [1.54, 1.807) is 6.07 Å². The van der Waals surface area contributed by atoms with Crippen LogP contribution >= 0.6 is 11.6 Å². The van der Waals surface area contributed by atoms with E-state index in [2.05, 4.69) is 20.8 Å². The third-order valence-corrected chi connectivity index (χ3v) is 3.36. The molecule has 0 heterocycles. The summed E-state index contributed by atoms with van der Waals surface area (Å²) in [6.07, 6.45) is 0. The van der Waals surface area contributed by atoms with E-state index in [9.17, 15) is 4.39 Å². The number of rotatable bonds is 3. The van der Waals surface area contributed by atoms with Gasteiger partial charge in [-0.1, -0.05) is 44.5 Å². The lowest BCUT2D eigenvalue weighted by atomic mass is 9.87. The maximum Gasteiger partial charge on any atom is 0.129 e. The minimum Gasteiger partial charge on any atom is -0.489 e. The van der Waals surface area contributed by atoms with E-state index in [1.807, 2.05) is 24.3 Å². The van der Waals surface area contributed by atoms with Crippen molar-refractivity contribution in [3.8, 4) is 5.75 Å². The lowest BCUT2D eigenvalue weighted by molar-refractivity contribution is 0.299. The van der Waals surface area contributed by atoms with Crippen molar-refractivity contribution >= 4 is 11.6 Å². The Morgan fingerprint density at radius 2 is 1.70 bits per heavy atom. The molecule has 0 N–H and O–H groups in total. The van der Waals surface area contributed by atoms with Gasteiger partial charge in [0, 0.05) is 10.6 Å². The van der Waals surface area contributed by atoms with Crippen LogP contribution in [-0.2, 0) is 12.0 Å². The Labute approximate surface area is 124 Å². The third-order valence-electron chi connectivity index (χ3n) is 3.12. The van der Waals surface area contributed by atoms with E-state index < -0.39 is 0 Å². The van der Waals surface area contributed by atoms with E-state index >= 15 is 0 Å². The topological polar surface area (TPSA) is 9.23 Å². The second-order valence-corrected chi connectivity index (χ2v) is 6.24. The molecule has 2 aromatic rings. The molecule has 3 heteroatoms. The number of halogens is 2. The molecule has 106 valence electrons. The largest absolute Gasteiger partial charge is 0.489 e. The monoisotopic (exact) mass is 292 g/mol. The predicted octanol–water partition coefficient (Wildman–Crippen LogP) is 5.36. The van der Waals surface area contributed by atoms with Gasteiger partial charge in [-0.25, -0.2) is 4.39 Å². The van der Waals surface area contributed by atoms with Crippen LogP contribution in [0.1, 0.15) is 31.9 Å². The zero-order chi connectivity index (χ0) is 14.8. The average Bonchev–Trinajstić information content (AvgIpc) is 2.39. The molecule has 0 bridgehead atoms. The molecule has 0 radical (unpaired) electrons. The molecule has 20 heavy (non-hydrogen) atoms. The van der Waals surface area contributed by atoms with E-state index in [4.69, 9.17) is 16.3 Å². The minimum absolute atomic E-state index is 0.109. The summed E-state index contributed by atoms with van der Waals surface area (Å²) in [6.45, 7) is 6.64. The first-order valence-corrected chi connectivity index (χ1v) is 6.91. The molecular formula is C17H18ClFO. The quantitative estimate of drug-likeness (QED) is 0.740. The van der Waals surface area contributed by atoms with Gasteiger partial charge in [-0.15, -0.1) is 0 Å². The first kappa shape index (κ1) is 14.9. The van der Waals surface area contributed by atoms with Crippen molar-refractivity contribution in [1.29, 1.82) is 0 Å². The van der Waals surface area contributed by atoms with Crippen molar-refractivity contribution < 1.29 is 9.13 Å². The molecule has 0 aliphatic carbocycles. The van der Waals surface area contributed by atoms with Gasteiger partial charge in [-0.05, 0) is 41.3 Å². The highest BCUT2D eigenvalue weighted by atomic mass is 35.5. The van der Waals surface area contributed by atoms with Crippen molar-refractivity contribution in [2.24, 2.45) is 0 Å². The first-order valence-electron chi connectivity index (χ1n) is 6.53. The number of benzene rings is 2. The fraction of sp³-hybridized carbons (Fsp3) is 0.294. The molecule has 0 fully saturated rings. The van der Waals surface area contributed by atoms with Crippen LogP contribution in [0.25, 0.3) is 0 Å². The summed E-state index contributed by atoms with van der Waals surface area (Å²) in [5, 5.41) is 0.507. The van der Waals surface area contributed by atoms with E-state index in [1.165, 1.54) is 17.7 Å². The summed E-state index contributed by atoms with van der Waals surface area (Å²) in [6, 6.07) is 12.3. The predicted molar refractivity (Wildman–Crippen MR) is 80.9 cm³/mol. The van der Waals surface area contributed by atoms with Crippen molar-refractivity contribution in [2.45, 2.75) is 32.8 Å². The lowest BCUT2D eigenvalue weighted by Gasteiger charge is -2.19. The molecular weight excluding hydrogens is 275 g/mol. The average molecular weight is 293 g/mol. The van der Waals surface area contributed by atoms with Crippen molar-refractivity contribution in [3.05, 3.63) is 64.4 Å². The highest BCUT2D eigenvalue weighted by Crippen LogP contribution is 2.25. The Balaban J connectivity index is 2.06. The molecule has 0 aliphatic rings. The molecule has 0 amide bonds. The molecule has 2 rings (SSSR count). The van der Waals surface area contributed by atoms with Gasteiger partial charge in [0.1, 0.15) is 18.2 Å². The van der Waals surface area contributed by atoms with Crippen LogP contribution in [0.2, 0.25) is 5.02 Å². The van der Waals surface area contributed by atoms with Crippen LogP contribution in [0.3, 0.4) is 0 Å². The Bertz CT molecular complexity index is 585. The summed E-state index contributed by atoms with van der Waals surface area (Å²) in [5.74, 6) is 0.415. The summed E-state index contributed by atoms with van der Waals surface area (Å²) in [4.78, 5) is 0. The fourth-order valence-electron chi connectivity index (χ4n) is 1.87. The van der Waals surface area contributed by atoms with Crippen LogP contribution in [0.4, 0.5) is 4.39 Å². The van der Waals surface area contributed by atoms with Crippen molar-refractivity contribution in [2.75, 3.05) is 0 Å². The third kappa shape index (κ3) is 3.73. The fourth-order valence-corrected chi connectivity index (χ4v) is 2.06. The molecule has 0 spiro atoms. The Hall–Kier alpha value is -1.54. The molecule has 0 aromatic heterocycles. The molecule has 0 saturated heterocycles. The zero-order valence-electron chi connectivity index (χ0n) is 11.9. The van der Waals surface area contributed by atoms with Gasteiger partial charge >= 0.3 is 0 Å². The molecule has 0 unspecified atom stereocenters. The number of hydrogen-bond acceptors (Lipinski definition) is 1. The van der Waals surface area contributed by atoms with Crippen LogP contribution in [0.15, 0.2) is 42.5 Å². The van der Waals surface area contributed by atoms with Gasteiger partial charge < -0.3 is 4.74 Å². The van der Waals surface area contributed by atoms with E-state index in [0.717, 1.165) is 5.75 Å². The standard InChI is InChI=1S/C17H18ClFO/c1-17(2,3)13-4-7-15(8-5-13)20-11-12-10-14(18)6-9-16(12)19/h4-10H,11H2,1-3H3. The SMILES string of the molecule is CC(C)(C)c1ccc(OCc2cc(Cl)ccc2F)cc1. The van der Waals surface area contributed by atoms with Gasteiger partial charge in [0.2, 0.25) is 0 Å². The zero-order valence-corrected chi connectivity index (χ0v) is 12.7. The highest BCUT2D eigenvalue weighted by molar-refractivity contribution is 6.30. The summed E-state index contributed by atoms with van der Waals surface area (Å²) < 4.78 is 19.2. The smallest absolute Gasteiger partial charge is 0.129 e. The highest BCUT2D eigenvalue weighted by Gasteiger charge is 2.13. The summed E-state index contributed by atoms with van der Waals surface area (Å²) >= 11 is 5.85. The van der Waals surface area contributed by atoms with Crippen LogP contribution < -0.4 is 4.74 Å². The van der Waals surface area contributed by atoms with Gasteiger partial charge in [0.05, 0.1) is 0 Å². The Kier molecular flexibility index (Phi) is 4.34. The number of ether oxygens (including phenoxy) is 1. The van der Waals surface area contributed by atoms with Crippen LogP contribution in [-0.4, -0.2) is 0 Å². The first-order chi connectivity index (χ1) is 9.36. The van der Waals surface area contributed by atoms with Gasteiger partial charge in [-0.2, -0.15) is 0 Å². The summed E-state index contributed by atoms with van der Waals surface area (Å²) in [7, 11) is 0. The lowest BCUT2D eigenvalue weighted by Crippen LogP contribution is -2.10. The van der Waals surface area contributed by atoms with Crippen LogP contribution in [0.5, 0.6) is 5.75 Å². The maximum absolute atomic E-state index is 13.6. The molecule has 0 atom stereocenters. The number of hydrogen-bond donors (Lipinski definition) is 0. The molecule has 1 nitrogen and oxygen atoms in total. The molecule has 0 saturated carbocycles. The normalized spacial score (nSPS) is 11.4. The van der Waals surface area contributed by atoms with Gasteiger partial charge in [0.25, 0.3) is 0 Å². The Morgan fingerprint density at radius 1 is 1.05 bits per heavy atom. The van der Waals surface area contributed by atoms with Crippen molar-refractivity contribution in [3.63, 3.8) is 0 Å². The second kappa shape index (κ2) is 5.84. The van der Waals surface area contributed by atoms with Crippen molar-refractivity contribution in [1.82, 2.24) is 0 Å². The second-order valence-electron chi connectivity index (χ2n) is 5.80. The Morgan fingerprint density at radius 3 is 2.30 bits per heavy atom. The van der Waals surface area contributed by atoms with Gasteiger partial charge in [0.15, 0.2) is 0 Å². The molecule has 0 aliphatic heterocycles. The van der Waals surface area contributed by atoms with E-state index in [0.29, 0.717) is 10.6 Å².